The third-order valence-electron chi connectivity index (χ3n) is 8.74. The third kappa shape index (κ3) is 5.84. The average Bonchev–Trinajstić information content (AvgIpc) is 3.57. The van der Waals surface area contributed by atoms with Gasteiger partial charge in [0.1, 0.15) is 0 Å². The van der Waals surface area contributed by atoms with Gasteiger partial charge in [0.05, 0.1) is 39.3 Å². The second-order valence-corrected chi connectivity index (χ2v) is 14.7. The lowest BCUT2D eigenvalue weighted by Gasteiger charge is -2.36. The van der Waals surface area contributed by atoms with Gasteiger partial charge in [0.2, 0.25) is 0 Å². The van der Waals surface area contributed by atoms with E-state index in [4.69, 9.17) is 14.6 Å². The monoisotopic (exact) mass is 571 g/mol. The summed E-state index contributed by atoms with van der Waals surface area (Å²) in [7, 11) is -3.37. The molecule has 3 aliphatic rings. The lowest BCUT2D eigenvalue weighted by atomic mass is 9.76. The van der Waals surface area contributed by atoms with Crippen LogP contribution in [-0.2, 0) is 38.7 Å². The summed E-state index contributed by atoms with van der Waals surface area (Å²) >= 11 is 0. The number of aromatic nitrogens is 2. The number of carbonyl (C=O) groups is 2. The molecule has 2 aliphatic heterocycles. The lowest BCUT2D eigenvalue weighted by Crippen LogP contribution is -2.41. The fourth-order valence-electron chi connectivity index (χ4n) is 6.27. The number of nitrogens with one attached hydrogen (secondary N) is 1. The SMILES string of the molecule is CCc1nn(CC(C)(C)COC(=O)c2ccc(S(=O)(=O)C3CCCC3)cc2)c2c1C(=O)NCC1(CCOCC1)C2. The van der Waals surface area contributed by atoms with E-state index in [0.717, 1.165) is 43.5 Å². The van der Waals surface area contributed by atoms with Gasteiger partial charge < -0.3 is 14.8 Å². The number of amides is 1. The molecule has 0 radical (unpaired) electrons. The highest BCUT2D eigenvalue weighted by Crippen LogP contribution is 2.38. The van der Waals surface area contributed by atoms with Gasteiger partial charge in [0.15, 0.2) is 9.84 Å². The number of rotatable bonds is 8. The van der Waals surface area contributed by atoms with E-state index in [-0.39, 0.29) is 28.1 Å². The van der Waals surface area contributed by atoms with Crippen LogP contribution >= 0.6 is 0 Å². The molecule has 0 bridgehead atoms. The van der Waals surface area contributed by atoms with Gasteiger partial charge in [-0.2, -0.15) is 5.10 Å². The lowest BCUT2D eigenvalue weighted by molar-refractivity contribution is 0.0145. The summed E-state index contributed by atoms with van der Waals surface area (Å²) in [6, 6.07) is 6.09. The van der Waals surface area contributed by atoms with Crippen LogP contribution in [0.2, 0.25) is 0 Å². The molecule has 1 aliphatic carbocycles. The molecule has 9 nitrogen and oxygen atoms in total. The molecule has 1 N–H and O–H groups in total. The number of carbonyl (C=O) groups excluding carboxylic acids is 2. The molecular formula is C30H41N3O6S. The van der Waals surface area contributed by atoms with E-state index in [1.807, 2.05) is 25.5 Å². The van der Waals surface area contributed by atoms with Gasteiger partial charge in [0, 0.05) is 31.7 Å². The fraction of sp³-hybridized carbons (Fsp3) is 0.633. The van der Waals surface area contributed by atoms with Crippen molar-refractivity contribution in [1.29, 1.82) is 0 Å². The normalized spacial score (nSPS) is 19.7. The minimum absolute atomic E-state index is 0.0457. The number of esters is 1. The number of sulfone groups is 1. The summed E-state index contributed by atoms with van der Waals surface area (Å²) in [4.78, 5) is 26.3. The van der Waals surface area contributed by atoms with Crippen LogP contribution in [0.15, 0.2) is 29.2 Å². The standard InChI is InChI=1S/C30H41N3O6S/c1-4-24-26-25(17-30(18-31-27(26)34)13-15-38-16-14-30)33(32-24)19-29(2,3)20-39-28(35)21-9-11-23(12-10-21)40(36,37)22-7-5-6-8-22/h9-12,22H,4-8,13-20H2,1-3H3,(H,31,34). The molecule has 3 heterocycles. The minimum atomic E-state index is -3.37. The Hall–Kier alpha value is -2.72. The van der Waals surface area contributed by atoms with E-state index < -0.39 is 21.2 Å². The number of aryl methyl sites for hydroxylation is 1. The Bertz CT molecular complexity index is 1350. The van der Waals surface area contributed by atoms with Crippen LogP contribution in [0, 0.1) is 10.8 Å². The molecule has 0 unspecified atom stereocenters. The van der Waals surface area contributed by atoms with Crippen LogP contribution in [0.3, 0.4) is 0 Å². The van der Waals surface area contributed by atoms with Gasteiger partial charge in [-0.3, -0.25) is 9.48 Å². The highest BCUT2D eigenvalue weighted by atomic mass is 32.2. The molecule has 1 saturated heterocycles. The van der Waals surface area contributed by atoms with Crippen molar-refractivity contribution in [1.82, 2.24) is 15.1 Å². The second-order valence-electron chi connectivity index (χ2n) is 12.5. The number of nitrogens with zero attached hydrogens (tertiary/aromatic N) is 2. The van der Waals surface area contributed by atoms with Crippen LogP contribution in [-0.4, -0.2) is 61.7 Å². The first-order chi connectivity index (χ1) is 19.0. The Balaban J connectivity index is 1.28. The average molecular weight is 572 g/mol. The van der Waals surface area contributed by atoms with E-state index in [1.165, 1.54) is 24.3 Å². The maximum atomic E-state index is 13.1. The zero-order chi connectivity index (χ0) is 28.5. The van der Waals surface area contributed by atoms with Gasteiger partial charge in [-0.05, 0) is 68.2 Å². The Kier molecular flexibility index (Phi) is 8.12. The van der Waals surface area contributed by atoms with Crippen molar-refractivity contribution < 1.29 is 27.5 Å². The maximum Gasteiger partial charge on any atom is 0.338 e. The van der Waals surface area contributed by atoms with Crippen molar-refractivity contribution in [2.45, 2.75) is 88.8 Å². The minimum Gasteiger partial charge on any atom is -0.461 e. The first-order valence-corrected chi connectivity index (χ1v) is 16.0. The molecule has 1 spiro atoms. The zero-order valence-electron chi connectivity index (χ0n) is 23.8. The second kappa shape index (κ2) is 11.3. The van der Waals surface area contributed by atoms with Gasteiger partial charge >= 0.3 is 5.97 Å². The van der Waals surface area contributed by atoms with E-state index in [1.54, 1.807) is 0 Å². The third-order valence-corrected chi connectivity index (χ3v) is 11.0. The highest BCUT2D eigenvalue weighted by Gasteiger charge is 2.40. The molecular weight excluding hydrogens is 530 g/mol. The molecule has 40 heavy (non-hydrogen) atoms. The van der Waals surface area contributed by atoms with E-state index in [0.29, 0.717) is 56.7 Å². The van der Waals surface area contributed by atoms with Crippen LogP contribution < -0.4 is 5.32 Å². The van der Waals surface area contributed by atoms with Crippen molar-refractivity contribution in [3.05, 3.63) is 46.8 Å². The Morgan fingerprint density at radius 3 is 2.50 bits per heavy atom. The summed E-state index contributed by atoms with van der Waals surface area (Å²) < 4.78 is 39.0. The number of fused-ring (bicyclic) bond motifs is 1. The van der Waals surface area contributed by atoms with Crippen molar-refractivity contribution in [2.24, 2.45) is 10.8 Å². The van der Waals surface area contributed by atoms with Gasteiger partial charge in [-0.15, -0.1) is 0 Å². The first kappa shape index (κ1) is 28.8. The quantitative estimate of drug-likeness (QED) is 0.474. The number of hydrogen-bond acceptors (Lipinski definition) is 7. The molecule has 10 heteroatoms. The number of benzene rings is 1. The number of ether oxygens (including phenoxy) is 2. The summed E-state index contributed by atoms with van der Waals surface area (Å²) in [5, 5.41) is 7.66. The molecule has 1 aromatic heterocycles. The summed E-state index contributed by atoms with van der Waals surface area (Å²) in [5.74, 6) is -0.559. The molecule has 1 saturated carbocycles. The van der Waals surface area contributed by atoms with Crippen LogP contribution in [0.4, 0.5) is 0 Å². The van der Waals surface area contributed by atoms with E-state index >= 15 is 0 Å². The molecule has 1 aromatic carbocycles. The molecule has 218 valence electrons. The molecule has 5 rings (SSSR count). The predicted molar refractivity (Wildman–Crippen MR) is 150 cm³/mol. The van der Waals surface area contributed by atoms with Crippen molar-refractivity contribution in [3.63, 3.8) is 0 Å². The van der Waals surface area contributed by atoms with Crippen molar-refractivity contribution in [3.8, 4) is 0 Å². The summed E-state index contributed by atoms with van der Waals surface area (Å²) in [6.07, 6.45) is 6.45. The first-order valence-electron chi connectivity index (χ1n) is 14.5. The molecule has 0 atom stereocenters. The summed E-state index contributed by atoms with van der Waals surface area (Å²) in [5.41, 5.74) is 2.24. The topological polar surface area (TPSA) is 117 Å². The fourth-order valence-corrected chi connectivity index (χ4v) is 8.12. The Morgan fingerprint density at radius 2 is 1.85 bits per heavy atom. The number of hydrogen-bond donors (Lipinski definition) is 1. The van der Waals surface area contributed by atoms with Gasteiger partial charge in [0.25, 0.3) is 5.91 Å². The van der Waals surface area contributed by atoms with Crippen molar-refractivity contribution >= 4 is 21.7 Å². The predicted octanol–water partition coefficient (Wildman–Crippen LogP) is 4.13. The maximum absolute atomic E-state index is 13.1. The van der Waals surface area contributed by atoms with Crippen LogP contribution in [0.1, 0.15) is 91.4 Å². The smallest absolute Gasteiger partial charge is 0.338 e. The largest absolute Gasteiger partial charge is 0.461 e. The Labute approximate surface area is 236 Å². The van der Waals surface area contributed by atoms with Gasteiger partial charge in [-0.25, -0.2) is 13.2 Å². The van der Waals surface area contributed by atoms with Crippen LogP contribution in [0.5, 0.6) is 0 Å². The van der Waals surface area contributed by atoms with E-state index in [2.05, 4.69) is 5.32 Å². The zero-order valence-corrected chi connectivity index (χ0v) is 24.6. The molecule has 2 aromatic rings. The molecule has 2 fully saturated rings. The Morgan fingerprint density at radius 1 is 1.18 bits per heavy atom. The van der Waals surface area contributed by atoms with Gasteiger partial charge in [-0.1, -0.05) is 33.6 Å². The van der Waals surface area contributed by atoms with E-state index in [9.17, 15) is 18.0 Å². The summed E-state index contributed by atoms with van der Waals surface area (Å²) in [6.45, 7) is 8.68. The van der Waals surface area contributed by atoms with Crippen molar-refractivity contribution in [2.75, 3.05) is 26.4 Å². The highest BCUT2D eigenvalue weighted by molar-refractivity contribution is 7.92. The van der Waals surface area contributed by atoms with Crippen LogP contribution in [0.25, 0.3) is 0 Å². The molecule has 1 amide bonds.